The van der Waals surface area contributed by atoms with Crippen LogP contribution in [0.2, 0.25) is 0 Å². The van der Waals surface area contributed by atoms with Gasteiger partial charge in [0.2, 0.25) is 10.9 Å². The third kappa shape index (κ3) is 2.18. The van der Waals surface area contributed by atoms with Gasteiger partial charge in [-0.25, -0.2) is 17.4 Å². The molecule has 0 aromatic carbocycles. The molecule has 1 fully saturated rings. The zero-order valence-corrected chi connectivity index (χ0v) is 13.3. The Morgan fingerprint density at radius 2 is 1.81 bits per heavy atom. The van der Waals surface area contributed by atoms with E-state index >= 15 is 0 Å². The number of aromatic nitrogens is 2. The molecule has 2 aromatic heterocycles. The second kappa shape index (κ2) is 4.56. The molecule has 0 atom stereocenters. The van der Waals surface area contributed by atoms with E-state index in [4.69, 9.17) is 9.31 Å². The summed E-state index contributed by atoms with van der Waals surface area (Å²) in [6.45, 7) is 7.83. The molecule has 0 saturated carbocycles. The Morgan fingerprint density at radius 3 is 2.38 bits per heavy atom. The largest absolute Gasteiger partial charge is 0.497 e. The SMILES string of the molecule is CC1(C)OB(c2cn([SH](=O)=O)c3ncccc23)OC1(C)C. The number of pyridine rings is 1. The summed E-state index contributed by atoms with van der Waals surface area (Å²) >= 11 is 0. The molecule has 0 bridgehead atoms. The van der Waals surface area contributed by atoms with Crippen LogP contribution in [-0.2, 0) is 20.2 Å². The van der Waals surface area contributed by atoms with Gasteiger partial charge in [0.1, 0.15) is 0 Å². The second-order valence-corrected chi connectivity index (χ2v) is 7.04. The lowest BCUT2D eigenvalue weighted by atomic mass is 9.79. The summed E-state index contributed by atoms with van der Waals surface area (Å²) in [5.74, 6) is 0. The van der Waals surface area contributed by atoms with Gasteiger partial charge in [0.25, 0.3) is 0 Å². The first kappa shape index (κ1) is 14.6. The van der Waals surface area contributed by atoms with Gasteiger partial charge in [-0.15, -0.1) is 0 Å². The summed E-state index contributed by atoms with van der Waals surface area (Å²) in [6, 6.07) is 3.58. The summed E-state index contributed by atoms with van der Waals surface area (Å²) in [5.41, 5.74) is 0.108. The summed E-state index contributed by atoms with van der Waals surface area (Å²) in [6.07, 6.45) is 3.08. The zero-order valence-electron chi connectivity index (χ0n) is 12.4. The Kier molecular flexibility index (Phi) is 3.16. The number of hydrogen-bond donors (Lipinski definition) is 1. The number of nitrogens with zero attached hydrogens (tertiary/aromatic N) is 2. The van der Waals surface area contributed by atoms with Gasteiger partial charge >= 0.3 is 7.12 Å². The highest BCUT2D eigenvalue weighted by atomic mass is 32.2. The van der Waals surface area contributed by atoms with Crippen molar-refractivity contribution in [1.29, 1.82) is 0 Å². The van der Waals surface area contributed by atoms with Crippen molar-refractivity contribution in [3.63, 3.8) is 0 Å². The van der Waals surface area contributed by atoms with Gasteiger partial charge in [0.05, 0.1) is 11.2 Å². The fraction of sp³-hybridized carbons (Fsp3) is 0.462. The number of rotatable bonds is 2. The maximum absolute atomic E-state index is 11.4. The molecule has 2 aromatic rings. The molecule has 8 heteroatoms. The van der Waals surface area contributed by atoms with E-state index in [-0.39, 0.29) is 0 Å². The number of hydrogen-bond acceptors (Lipinski definition) is 5. The highest BCUT2D eigenvalue weighted by Gasteiger charge is 2.52. The van der Waals surface area contributed by atoms with Crippen molar-refractivity contribution >= 4 is 34.5 Å². The molecule has 0 spiro atoms. The molecule has 1 aliphatic heterocycles. The fourth-order valence-corrected chi connectivity index (χ4v) is 2.88. The van der Waals surface area contributed by atoms with Gasteiger partial charge in [0.15, 0.2) is 5.65 Å². The van der Waals surface area contributed by atoms with Crippen LogP contribution in [0.4, 0.5) is 0 Å². The van der Waals surface area contributed by atoms with Crippen molar-refractivity contribution in [3.8, 4) is 0 Å². The lowest BCUT2D eigenvalue weighted by Gasteiger charge is -2.32. The zero-order chi connectivity index (χ0) is 15.4. The van der Waals surface area contributed by atoms with Crippen LogP contribution in [0.25, 0.3) is 11.0 Å². The molecule has 0 radical (unpaired) electrons. The standard InChI is InChI=1S/C13H17BN2O4S/c1-12(2)13(3,4)20-14(19-12)10-8-16(21(17)18)11-9(10)6-5-7-15-11/h5-8,21H,1-4H3. The van der Waals surface area contributed by atoms with Gasteiger partial charge in [-0.2, -0.15) is 0 Å². The summed E-state index contributed by atoms with van der Waals surface area (Å²) in [7, 11) is -3.41. The van der Waals surface area contributed by atoms with Crippen LogP contribution in [0.5, 0.6) is 0 Å². The van der Waals surface area contributed by atoms with Gasteiger partial charge in [0, 0.05) is 23.2 Å². The van der Waals surface area contributed by atoms with E-state index in [2.05, 4.69) is 4.98 Å². The predicted molar refractivity (Wildman–Crippen MR) is 81.2 cm³/mol. The molecule has 3 heterocycles. The van der Waals surface area contributed by atoms with Gasteiger partial charge in [-0.3, -0.25) is 0 Å². The minimum Gasteiger partial charge on any atom is -0.399 e. The Balaban J connectivity index is 2.15. The molecule has 0 amide bonds. The Labute approximate surface area is 125 Å². The van der Waals surface area contributed by atoms with E-state index in [0.717, 1.165) is 9.36 Å². The van der Waals surface area contributed by atoms with Crippen molar-refractivity contribution in [2.24, 2.45) is 0 Å². The van der Waals surface area contributed by atoms with Crippen LogP contribution in [-0.4, -0.2) is 35.7 Å². The normalized spacial score (nSPS) is 20.5. The topological polar surface area (TPSA) is 70.4 Å². The monoisotopic (exact) mass is 308 g/mol. The molecule has 112 valence electrons. The van der Waals surface area contributed by atoms with E-state index in [1.165, 1.54) is 6.20 Å². The third-order valence-electron chi connectivity index (χ3n) is 4.26. The first-order chi connectivity index (χ1) is 9.73. The number of fused-ring (bicyclic) bond motifs is 1. The van der Waals surface area contributed by atoms with Crippen molar-refractivity contribution in [2.45, 2.75) is 38.9 Å². The molecule has 0 N–H and O–H groups in total. The van der Waals surface area contributed by atoms with Crippen LogP contribution in [0.1, 0.15) is 27.7 Å². The molecule has 6 nitrogen and oxygen atoms in total. The van der Waals surface area contributed by atoms with Gasteiger partial charge in [-0.1, -0.05) is 0 Å². The maximum atomic E-state index is 11.4. The minimum absolute atomic E-state index is 0.387. The predicted octanol–water partition coefficient (Wildman–Crippen LogP) is 0.710. The molecule has 1 aliphatic rings. The van der Waals surface area contributed by atoms with E-state index < -0.39 is 29.2 Å². The van der Waals surface area contributed by atoms with Crippen LogP contribution < -0.4 is 5.46 Å². The lowest BCUT2D eigenvalue weighted by Crippen LogP contribution is -2.41. The van der Waals surface area contributed by atoms with E-state index in [0.29, 0.717) is 11.1 Å². The molecule has 0 unspecified atom stereocenters. The minimum atomic E-state index is -2.79. The van der Waals surface area contributed by atoms with Crippen molar-refractivity contribution < 1.29 is 17.7 Å². The molecular formula is C13H17BN2O4S. The van der Waals surface area contributed by atoms with E-state index in [1.807, 2.05) is 33.8 Å². The second-order valence-electron chi connectivity index (χ2n) is 6.13. The Bertz CT molecular complexity index is 758. The highest BCUT2D eigenvalue weighted by Crippen LogP contribution is 2.37. The van der Waals surface area contributed by atoms with Gasteiger partial charge in [-0.05, 0) is 39.8 Å². The molecule has 1 saturated heterocycles. The van der Waals surface area contributed by atoms with Crippen molar-refractivity contribution in [2.75, 3.05) is 0 Å². The molecule has 21 heavy (non-hydrogen) atoms. The average molecular weight is 308 g/mol. The number of thiol groups is 1. The van der Waals surface area contributed by atoms with E-state index in [9.17, 15) is 8.42 Å². The molecule has 0 aliphatic carbocycles. The maximum Gasteiger partial charge on any atom is 0.497 e. The Hall–Kier alpha value is -1.38. The highest BCUT2D eigenvalue weighted by molar-refractivity contribution is 7.71. The first-order valence-corrected chi connectivity index (χ1v) is 7.82. The van der Waals surface area contributed by atoms with Crippen molar-refractivity contribution in [1.82, 2.24) is 8.96 Å². The quantitative estimate of drug-likeness (QED) is 0.653. The van der Waals surface area contributed by atoms with Crippen LogP contribution in [0, 0.1) is 0 Å². The van der Waals surface area contributed by atoms with Gasteiger partial charge < -0.3 is 9.31 Å². The first-order valence-electron chi connectivity index (χ1n) is 6.69. The van der Waals surface area contributed by atoms with Crippen LogP contribution in [0.15, 0.2) is 24.5 Å². The molecular weight excluding hydrogens is 291 g/mol. The van der Waals surface area contributed by atoms with E-state index in [1.54, 1.807) is 12.3 Å². The molecule has 3 rings (SSSR count). The Morgan fingerprint density at radius 1 is 1.19 bits per heavy atom. The average Bonchev–Trinajstić information content (AvgIpc) is 2.85. The van der Waals surface area contributed by atoms with Crippen molar-refractivity contribution in [3.05, 3.63) is 24.5 Å². The fourth-order valence-electron chi connectivity index (χ4n) is 2.35. The summed E-state index contributed by atoms with van der Waals surface area (Å²) < 4.78 is 35.9. The summed E-state index contributed by atoms with van der Waals surface area (Å²) in [4.78, 5) is 4.14. The third-order valence-corrected chi connectivity index (χ3v) is 4.92. The summed E-state index contributed by atoms with van der Waals surface area (Å²) in [5, 5.41) is 0.718. The smallest absolute Gasteiger partial charge is 0.399 e. The van der Waals surface area contributed by atoms with Crippen LogP contribution >= 0.6 is 0 Å². The lowest BCUT2D eigenvalue weighted by molar-refractivity contribution is 0.00578. The van der Waals surface area contributed by atoms with Crippen LogP contribution in [0.3, 0.4) is 0 Å².